The van der Waals surface area contributed by atoms with Crippen molar-refractivity contribution in [3.8, 4) is 0 Å². The average molecular weight is 259 g/mol. The Bertz CT molecular complexity index is 335. The normalized spacial score (nSPS) is 29.7. The molecule has 3 nitrogen and oxygen atoms in total. The second kappa shape index (κ2) is 5.70. The quantitative estimate of drug-likeness (QED) is 0.760. The summed E-state index contributed by atoms with van der Waals surface area (Å²) in [4.78, 5) is 0. The molecule has 0 aromatic carbocycles. The first-order valence-electron chi connectivity index (χ1n) is 6.96. The molecule has 2 rings (SSSR count). The summed E-state index contributed by atoms with van der Waals surface area (Å²) in [6.07, 6.45) is 9.98. The minimum Gasteiger partial charge on any atom is -0.314 e. The molecule has 0 aromatic heterocycles. The van der Waals surface area contributed by atoms with Crippen LogP contribution in [0.5, 0.6) is 0 Å². The molecule has 2 saturated carbocycles. The van der Waals surface area contributed by atoms with Gasteiger partial charge in [-0.3, -0.25) is 0 Å². The maximum absolute atomic E-state index is 11.1. The van der Waals surface area contributed by atoms with Crippen LogP contribution in [0.25, 0.3) is 0 Å². The molecule has 100 valence electrons. The van der Waals surface area contributed by atoms with Gasteiger partial charge in [0.1, 0.15) is 9.84 Å². The van der Waals surface area contributed by atoms with Crippen LogP contribution in [0.15, 0.2) is 0 Å². The third-order valence-electron chi connectivity index (χ3n) is 4.15. The van der Waals surface area contributed by atoms with Gasteiger partial charge in [0, 0.05) is 18.1 Å². The van der Waals surface area contributed by atoms with Crippen LogP contribution in [-0.2, 0) is 9.84 Å². The van der Waals surface area contributed by atoms with Crippen LogP contribution in [0.3, 0.4) is 0 Å². The van der Waals surface area contributed by atoms with E-state index < -0.39 is 9.84 Å². The third-order valence-corrected chi connectivity index (χ3v) is 5.18. The van der Waals surface area contributed by atoms with E-state index in [2.05, 4.69) is 5.32 Å². The average Bonchev–Trinajstić information content (AvgIpc) is 2.95. The fourth-order valence-corrected chi connectivity index (χ4v) is 3.67. The highest BCUT2D eigenvalue weighted by atomic mass is 32.2. The molecule has 0 spiro atoms. The van der Waals surface area contributed by atoms with Gasteiger partial charge in [-0.05, 0) is 50.5 Å². The molecular formula is C13H25NO2S. The smallest absolute Gasteiger partial charge is 0.147 e. The summed E-state index contributed by atoms with van der Waals surface area (Å²) in [6, 6.07) is 0.798. The molecule has 2 fully saturated rings. The zero-order valence-electron chi connectivity index (χ0n) is 10.8. The number of nitrogens with one attached hydrogen (secondary N) is 1. The SMILES string of the molecule is CS(=O)(=O)CCCC1CCCC1CNC1CC1. The van der Waals surface area contributed by atoms with Gasteiger partial charge in [-0.2, -0.15) is 0 Å². The highest BCUT2D eigenvalue weighted by Crippen LogP contribution is 2.35. The van der Waals surface area contributed by atoms with Gasteiger partial charge in [0.05, 0.1) is 0 Å². The van der Waals surface area contributed by atoms with Crippen molar-refractivity contribution in [1.82, 2.24) is 5.32 Å². The number of sulfone groups is 1. The van der Waals surface area contributed by atoms with E-state index in [1.165, 1.54) is 38.4 Å². The van der Waals surface area contributed by atoms with Crippen molar-refractivity contribution in [3.63, 3.8) is 0 Å². The van der Waals surface area contributed by atoms with Crippen molar-refractivity contribution in [2.45, 2.75) is 51.0 Å². The zero-order chi connectivity index (χ0) is 12.3. The number of hydrogen-bond acceptors (Lipinski definition) is 3. The molecule has 0 aliphatic heterocycles. The molecule has 0 radical (unpaired) electrons. The van der Waals surface area contributed by atoms with Gasteiger partial charge in [-0.1, -0.05) is 12.8 Å². The van der Waals surface area contributed by atoms with Gasteiger partial charge in [0.15, 0.2) is 0 Å². The van der Waals surface area contributed by atoms with Crippen molar-refractivity contribution >= 4 is 9.84 Å². The Morgan fingerprint density at radius 1 is 1.12 bits per heavy atom. The Kier molecular flexibility index (Phi) is 4.47. The van der Waals surface area contributed by atoms with E-state index in [1.807, 2.05) is 0 Å². The summed E-state index contributed by atoms with van der Waals surface area (Å²) in [6.45, 7) is 1.16. The minimum atomic E-state index is -2.76. The summed E-state index contributed by atoms with van der Waals surface area (Å²) in [7, 11) is -2.76. The van der Waals surface area contributed by atoms with Crippen molar-refractivity contribution < 1.29 is 8.42 Å². The Hall–Kier alpha value is -0.0900. The second-order valence-corrected chi connectivity index (χ2v) is 8.17. The lowest BCUT2D eigenvalue weighted by Gasteiger charge is -2.19. The number of rotatable bonds is 7. The van der Waals surface area contributed by atoms with E-state index in [0.29, 0.717) is 5.75 Å². The fraction of sp³-hybridized carbons (Fsp3) is 1.00. The van der Waals surface area contributed by atoms with Crippen molar-refractivity contribution in [2.75, 3.05) is 18.6 Å². The van der Waals surface area contributed by atoms with Crippen LogP contribution < -0.4 is 5.32 Å². The highest BCUT2D eigenvalue weighted by molar-refractivity contribution is 7.90. The molecule has 1 N–H and O–H groups in total. The molecule has 2 unspecified atom stereocenters. The fourth-order valence-electron chi connectivity index (χ4n) is 2.98. The van der Waals surface area contributed by atoms with Crippen molar-refractivity contribution in [1.29, 1.82) is 0 Å². The first-order chi connectivity index (χ1) is 8.04. The lowest BCUT2D eigenvalue weighted by Crippen LogP contribution is -2.27. The van der Waals surface area contributed by atoms with E-state index in [0.717, 1.165) is 37.3 Å². The molecule has 0 aromatic rings. The molecule has 0 heterocycles. The van der Waals surface area contributed by atoms with Gasteiger partial charge in [-0.25, -0.2) is 8.42 Å². The molecule has 17 heavy (non-hydrogen) atoms. The van der Waals surface area contributed by atoms with E-state index in [9.17, 15) is 8.42 Å². The van der Waals surface area contributed by atoms with Crippen LogP contribution >= 0.6 is 0 Å². The summed E-state index contributed by atoms with van der Waals surface area (Å²) in [5.74, 6) is 1.94. The van der Waals surface area contributed by atoms with Crippen LogP contribution in [0.4, 0.5) is 0 Å². The van der Waals surface area contributed by atoms with Crippen LogP contribution in [0.2, 0.25) is 0 Å². The molecule has 4 heteroatoms. The number of hydrogen-bond donors (Lipinski definition) is 1. The first-order valence-corrected chi connectivity index (χ1v) is 9.02. The maximum atomic E-state index is 11.1. The molecule has 0 bridgehead atoms. The van der Waals surface area contributed by atoms with Crippen LogP contribution in [0.1, 0.15) is 44.9 Å². The Morgan fingerprint density at radius 3 is 2.47 bits per heavy atom. The minimum absolute atomic E-state index is 0.367. The van der Waals surface area contributed by atoms with E-state index in [1.54, 1.807) is 0 Å². The summed E-state index contributed by atoms with van der Waals surface area (Å²) in [5, 5.41) is 3.62. The Morgan fingerprint density at radius 2 is 1.82 bits per heavy atom. The monoisotopic (exact) mass is 259 g/mol. The summed E-state index contributed by atoms with van der Waals surface area (Å²) < 4.78 is 22.2. The lowest BCUT2D eigenvalue weighted by atomic mass is 9.92. The largest absolute Gasteiger partial charge is 0.314 e. The topological polar surface area (TPSA) is 46.2 Å². The zero-order valence-corrected chi connectivity index (χ0v) is 11.6. The predicted octanol–water partition coefficient (Wildman–Crippen LogP) is 1.98. The Labute approximate surface area is 105 Å². The molecule has 0 amide bonds. The molecule has 2 atom stereocenters. The third kappa shape index (κ3) is 4.96. The predicted molar refractivity (Wildman–Crippen MR) is 70.8 cm³/mol. The van der Waals surface area contributed by atoms with Crippen molar-refractivity contribution in [2.24, 2.45) is 11.8 Å². The highest BCUT2D eigenvalue weighted by Gasteiger charge is 2.29. The van der Waals surface area contributed by atoms with E-state index >= 15 is 0 Å². The second-order valence-electron chi connectivity index (χ2n) is 5.91. The van der Waals surface area contributed by atoms with Gasteiger partial charge in [-0.15, -0.1) is 0 Å². The molecule has 2 aliphatic carbocycles. The van der Waals surface area contributed by atoms with Gasteiger partial charge >= 0.3 is 0 Å². The maximum Gasteiger partial charge on any atom is 0.147 e. The standard InChI is InChI=1S/C13H25NO2S/c1-17(15,16)9-3-6-11-4-2-5-12(11)10-14-13-7-8-13/h11-14H,2-10H2,1H3. The van der Waals surface area contributed by atoms with Gasteiger partial charge in [0.25, 0.3) is 0 Å². The Balaban J connectivity index is 1.66. The van der Waals surface area contributed by atoms with E-state index in [-0.39, 0.29) is 0 Å². The van der Waals surface area contributed by atoms with Crippen molar-refractivity contribution in [3.05, 3.63) is 0 Å². The lowest BCUT2D eigenvalue weighted by molar-refractivity contribution is 0.344. The van der Waals surface area contributed by atoms with Crippen LogP contribution in [-0.4, -0.2) is 33.0 Å². The molecule has 0 saturated heterocycles. The first kappa shape index (κ1) is 13.3. The van der Waals surface area contributed by atoms with Gasteiger partial charge < -0.3 is 5.32 Å². The van der Waals surface area contributed by atoms with Crippen LogP contribution in [0, 0.1) is 11.8 Å². The molecule has 2 aliphatic rings. The van der Waals surface area contributed by atoms with E-state index in [4.69, 9.17) is 0 Å². The summed E-state index contributed by atoms with van der Waals surface area (Å²) >= 11 is 0. The van der Waals surface area contributed by atoms with Gasteiger partial charge in [0.2, 0.25) is 0 Å². The summed E-state index contributed by atoms with van der Waals surface area (Å²) in [5.41, 5.74) is 0. The molecular weight excluding hydrogens is 234 g/mol.